The topological polar surface area (TPSA) is 114 Å². The van der Waals surface area contributed by atoms with Gasteiger partial charge in [-0.25, -0.2) is 8.42 Å². The highest BCUT2D eigenvalue weighted by molar-refractivity contribution is 7.92. The lowest BCUT2D eigenvalue weighted by Gasteiger charge is -2.37. The Morgan fingerprint density at radius 1 is 1.21 bits per heavy atom. The van der Waals surface area contributed by atoms with E-state index >= 15 is 0 Å². The number of nitrogens with zero attached hydrogens (tertiary/aromatic N) is 1. The van der Waals surface area contributed by atoms with Gasteiger partial charge in [0.15, 0.2) is 0 Å². The predicted octanol–water partition coefficient (Wildman–Crippen LogP) is 1.97. The number of aliphatic hydroxyl groups is 1. The molecule has 9 nitrogen and oxygen atoms in total. The lowest BCUT2D eigenvalue weighted by atomic mass is 9.84. The van der Waals surface area contributed by atoms with Crippen molar-refractivity contribution in [3.63, 3.8) is 0 Å². The van der Waals surface area contributed by atoms with Gasteiger partial charge in [-0.2, -0.15) is 0 Å². The van der Waals surface area contributed by atoms with E-state index in [0.29, 0.717) is 23.6 Å². The summed E-state index contributed by atoms with van der Waals surface area (Å²) in [4.78, 5) is 13.8. The molecule has 1 saturated heterocycles. The molecule has 0 spiro atoms. The molecular weight excluding hydrogens is 448 g/mol. The molecule has 0 bridgehead atoms. The predicted molar refractivity (Wildman–Crippen MR) is 121 cm³/mol. The first-order valence-electron chi connectivity index (χ1n) is 10.7. The molecule has 178 valence electrons. The fourth-order valence-corrected chi connectivity index (χ4v) is 5.35. The maximum absolute atomic E-state index is 12.8. The van der Waals surface area contributed by atoms with Crippen LogP contribution >= 0.6 is 0 Å². The molecule has 2 N–H and O–H groups in total. The third kappa shape index (κ3) is 4.78. The van der Waals surface area contributed by atoms with Crippen LogP contribution in [0.15, 0.2) is 47.4 Å². The summed E-state index contributed by atoms with van der Waals surface area (Å²) in [5.74, 6) is 1.00. The number of rotatable bonds is 7. The highest BCUT2D eigenvalue weighted by atomic mass is 32.2. The van der Waals surface area contributed by atoms with Crippen molar-refractivity contribution in [3.05, 3.63) is 48.0 Å². The van der Waals surface area contributed by atoms with E-state index < -0.39 is 22.2 Å². The van der Waals surface area contributed by atoms with Crippen molar-refractivity contribution < 1.29 is 32.5 Å². The molecule has 0 unspecified atom stereocenters. The molecule has 2 aliphatic heterocycles. The lowest BCUT2D eigenvalue weighted by molar-refractivity contribution is -0.147. The second kappa shape index (κ2) is 9.20. The summed E-state index contributed by atoms with van der Waals surface area (Å²) in [6.45, 7) is -0.237. The molecule has 2 aromatic carbocycles. The molecule has 1 fully saturated rings. The molecule has 4 atom stereocenters. The Kier molecular flexibility index (Phi) is 6.51. The first-order chi connectivity index (χ1) is 15.7. The van der Waals surface area contributed by atoms with E-state index in [0.717, 1.165) is 5.56 Å². The summed E-state index contributed by atoms with van der Waals surface area (Å²) in [7, 11) is 1.09. The standard InChI is InChI=1S/C23H28N2O7S/c1-25(2)22(27)12-16-11-19-18-10-14(4-9-20(18)32-23(19)21(13-26)31-16)24-33(28,29)17-7-5-15(30-3)6-8-17/h4-10,16,19,21,23-24,26H,11-13H2,1-3H3/t16-,19+,21-,23-/m1/s1. The number of carbonyl (C=O) groups excluding carboxylic acids is 1. The number of aliphatic hydroxyl groups excluding tert-OH is 1. The lowest BCUT2D eigenvalue weighted by Crippen LogP contribution is -2.47. The van der Waals surface area contributed by atoms with Gasteiger partial charge in [0.1, 0.15) is 23.7 Å². The number of benzene rings is 2. The van der Waals surface area contributed by atoms with E-state index in [2.05, 4.69) is 4.72 Å². The van der Waals surface area contributed by atoms with E-state index in [1.807, 2.05) is 0 Å². The number of amides is 1. The molecule has 2 aromatic rings. The van der Waals surface area contributed by atoms with Gasteiger partial charge in [0.05, 0.1) is 31.1 Å². The van der Waals surface area contributed by atoms with Gasteiger partial charge < -0.3 is 24.2 Å². The summed E-state index contributed by atoms with van der Waals surface area (Å²) < 4.78 is 45.4. The monoisotopic (exact) mass is 476 g/mol. The molecule has 0 aromatic heterocycles. The highest BCUT2D eigenvalue weighted by Crippen LogP contribution is 2.47. The number of ether oxygens (including phenoxy) is 3. The first-order valence-corrected chi connectivity index (χ1v) is 12.1. The number of sulfonamides is 1. The van der Waals surface area contributed by atoms with Gasteiger partial charge in [-0.1, -0.05) is 0 Å². The molecule has 1 amide bonds. The Labute approximate surface area is 193 Å². The Bertz CT molecular complexity index is 1120. The van der Waals surface area contributed by atoms with Crippen LogP contribution in [0.2, 0.25) is 0 Å². The van der Waals surface area contributed by atoms with Crippen LogP contribution in [0, 0.1) is 0 Å². The molecule has 4 rings (SSSR count). The van der Waals surface area contributed by atoms with Crippen LogP contribution in [0.4, 0.5) is 5.69 Å². The third-order valence-corrected chi connectivity index (χ3v) is 7.42. The van der Waals surface area contributed by atoms with Gasteiger partial charge >= 0.3 is 0 Å². The number of methoxy groups -OCH3 is 1. The fraction of sp³-hybridized carbons (Fsp3) is 0.435. The van der Waals surface area contributed by atoms with E-state index in [-0.39, 0.29) is 35.9 Å². The molecular formula is C23H28N2O7S. The molecule has 2 heterocycles. The van der Waals surface area contributed by atoms with Crippen molar-refractivity contribution in [3.8, 4) is 11.5 Å². The second-order valence-electron chi connectivity index (χ2n) is 8.43. The van der Waals surface area contributed by atoms with Crippen LogP contribution in [0.1, 0.15) is 24.3 Å². The van der Waals surface area contributed by atoms with Gasteiger partial charge in [-0.15, -0.1) is 0 Å². The SMILES string of the molecule is COc1ccc(S(=O)(=O)Nc2ccc3c(c2)[C@@H]2C[C@H](CC(=O)N(C)C)O[C@H](CO)[C@@H]2O3)cc1. The van der Waals surface area contributed by atoms with E-state index in [1.54, 1.807) is 44.4 Å². The van der Waals surface area contributed by atoms with E-state index in [9.17, 15) is 18.3 Å². The van der Waals surface area contributed by atoms with Crippen LogP contribution < -0.4 is 14.2 Å². The zero-order chi connectivity index (χ0) is 23.8. The minimum Gasteiger partial charge on any atom is -0.497 e. The number of hydrogen-bond donors (Lipinski definition) is 2. The van der Waals surface area contributed by atoms with Crippen molar-refractivity contribution in [1.82, 2.24) is 4.90 Å². The van der Waals surface area contributed by atoms with Gasteiger partial charge in [0, 0.05) is 31.3 Å². The highest BCUT2D eigenvalue weighted by Gasteiger charge is 2.46. The summed E-state index contributed by atoms with van der Waals surface area (Å²) in [6.07, 6.45) is -0.610. The van der Waals surface area contributed by atoms with E-state index in [1.165, 1.54) is 24.1 Å². The normalized spacial score (nSPS) is 23.8. The van der Waals surface area contributed by atoms with E-state index in [4.69, 9.17) is 14.2 Å². The quantitative estimate of drug-likeness (QED) is 0.628. The van der Waals surface area contributed by atoms with Crippen LogP contribution in [-0.2, 0) is 19.6 Å². The summed E-state index contributed by atoms with van der Waals surface area (Å²) in [5.41, 5.74) is 1.24. The summed E-state index contributed by atoms with van der Waals surface area (Å²) in [5, 5.41) is 9.85. The smallest absolute Gasteiger partial charge is 0.261 e. The van der Waals surface area contributed by atoms with Gasteiger partial charge in [0.2, 0.25) is 5.91 Å². The Morgan fingerprint density at radius 3 is 2.58 bits per heavy atom. The number of anilines is 1. The van der Waals surface area contributed by atoms with Crippen LogP contribution in [0.5, 0.6) is 11.5 Å². The summed E-state index contributed by atoms with van der Waals surface area (Å²) in [6, 6.07) is 11.2. The molecule has 33 heavy (non-hydrogen) atoms. The van der Waals surface area contributed by atoms with Gasteiger partial charge in [-0.05, 0) is 48.9 Å². The molecule has 0 radical (unpaired) electrons. The second-order valence-corrected chi connectivity index (χ2v) is 10.1. The van der Waals surface area contributed by atoms with Gasteiger partial charge in [-0.3, -0.25) is 9.52 Å². The van der Waals surface area contributed by atoms with Crippen molar-refractivity contribution >= 4 is 21.6 Å². The maximum atomic E-state index is 12.8. The number of fused-ring (bicyclic) bond motifs is 3. The first kappa shape index (κ1) is 23.3. The van der Waals surface area contributed by atoms with Crippen molar-refractivity contribution in [2.24, 2.45) is 0 Å². The average Bonchev–Trinajstić information content (AvgIpc) is 3.16. The number of carbonyl (C=O) groups is 1. The van der Waals surface area contributed by atoms with Crippen molar-refractivity contribution in [2.75, 3.05) is 32.5 Å². The zero-order valence-electron chi connectivity index (χ0n) is 18.7. The number of hydrogen-bond acceptors (Lipinski definition) is 7. The van der Waals surface area contributed by atoms with Crippen LogP contribution in [0.3, 0.4) is 0 Å². The third-order valence-electron chi connectivity index (χ3n) is 6.02. The number of nitrogens with one attached hydrogen (secondary N) is 1. The Hall–Kier alpha value is -2.82. The minimum atomic E-state index is -3.80. The molecule has 0 saturated carbocycles. The Morgan fingerprint density at radius 2 is 1.94 bits per heavy atom. The fourth-order valence-electron chi connectivity index (χ4n) is 4.30. The molecule has 0 aliphatic carbocycles. The minimum absolute atomic E-state index is 0.0599. The Balaban J connectivity index is 1.56. The van der Waals surface area contributed by atoms with Crippen LogP contribution in [0.25, 0.3) is 0 Å². The molecule has 10 heteroatoms. The molecule has 2 aliphatic rings. The summed E-state index contributed by atoms with van der Waals surface area (Å²) >= 11 is 0. The van der Waals surface area contributed by atoms with Crippen molar-refractivity contribution in [1.29, 1.82) is 0 Å². The van der Waals surface area contributed by atoms with Gasteiger partial charge in [0.25, 0.3) is 10.0 Å². The average molecular weight is 477 g/mol. The van der Waals surface area contributed by atoms with Crippen molar-refractivity contribution in [2.45, 2.75) is 42.0 Å². The zero-order valence-corrected chi connectivity index (χ0v) is 19.5. The largest absolute Gasteiger partial charge is 0.497 e. The maximum Gasteiger partial charge on any atom is 0.261 e. The van der Waals surface area contributed by atoms with Crippen LogP contribution in [-0.4, -0.2) is 70.5 Å².